The average Bonchev–Trinajstić information content (AvgIpc) is 4.06. The van der Waals surface area contributed by atoms with Gasteiger partial charge in [0.25, 0.3) is 0 Å². The van der Waals surface area contributed by atoms with Crippen LogP contribution in [0.5, 0.6) is 0 Å². The molecule has 6 nitrogen and oxygen atoms in total. The highest BCUT2D eigenvalue weighted by atomic mass is 32.2. The summed E-state index contributed by atoms with van der Waals surface area (Å²) in [5.74, 6) is 0. The van der Waals surface area contributed by atoms with Gasteiger partial charge in [0, 0.05) is 48.0 Å². The molecule has 11 rings (SSSR count). The van der Waals surface area contributed by atoms with Crippen LogP contribution in [0.4, 0.5) is 0 Å². The first kappa shape index (κ1) is 33.2. The summed E-state index contributed by atoms with van der Waals surface area (Å²) in [5, 5.41) is 4.96. The molecule has 0 N–H and O–H groups in total. The number of nitrogens with zero attached hydrogens (tertiary/aromatic N) is 4. The highest BCUT2D eigenvalue weighted by Crippen LogP contribution is 2.41. The zero-order valence-corrected chi connectivity index (χ0v) is 32.6. The summed E-state index contributed by atoms with van der Waals surface area (Å²) >= 11 is 3.07. The van der Waals surface area contributed by atoms with Crippen LogP contribution in [-0.4, -0.2) is 29.0 Å². The topological polar surface area (TPSA) is 68.7 Å². The first-order valence-electron chi connectivity index (χ1n) is 18.5. The van der Waals surface area contributed by atoms with Gasteiger partial charge in [0.05, 0.1) is 26.3 Å². The van der Waals surface area contributed by atoms with Crippen molar-refractivity contribution < 1.29 is 8.42 Å². The smallest absolute Gasteiger partial charge is 0.331 e. The number of thiophene rings is 2. The van der Waals surface area contributed by atoms with Crippen LogP contribution in [0.25, 0.3) is 65.3 Å². The fourth-order valence-electron chi connectivity index (χ4n) is 8.42. The average molecular weight is 781 g/mol. The normalized spacial score (nSPS) is 17.9. The molecule has 5 aromatic carbocycles. The highest BCUT2D eigenvalue weighted by molar-refractivity contribution is 7.89. The molecular weight excluding hydrogens is 749 g/mol. The lowest BCUT2D eigenvalue weighted by molar-refractivity contribution is 0.438. The van der Waals surface area contributed by atoms with Gasteiger partial charge in [-0.05, 0) is 85.1 Å². The van der Waals surface area contributed by atoms with Gasteiger partial charge in [0.1, 0.15) is 11.4 Å². The van der Waals surface area contributed by atoms with Crippen molar-refractivity contribution in [1.82, 2.24) is 9.13 Å². The Bertz CT molecular complexity index is 3210. The van der Waals surface area contributed by atoms with Gasteiger partial charge in [-0.15, -0.1) is 31.5 Å². The molecule has 1 aliphatic heterocycles. The second kappa shape index (κ2) is 12.4. The van der Waals surface area contributed by atoms with Crippen molar-refractivity contribution in [2.75, 3.05) is 0 Å². The first-order chi connectivity index (χ1) is 27.3. The number of hydrogen-bond acceptors (Lipinski definition) is 4. The Hall–Kier alpha value is -6.13. The molecule has 0 saturated heterocycles. The summed E-state index contributed by atoms with van der Waals surface area (Å²) in [6.45, 7) is 2.28. The third kappa shape index (κ3) is 5.22. The maximum absolute atomic E-state index is 12.9. The molecule has 5 heterocycles. The first-order valence-corrected chi connectivity index (χ1v) is 21.5. The molecule has 270 valence electrons. The zero-order valence-electron chi connectivity index (χ0n) is 30.1. The van der Waals surface area contributed by atoms with Gasteiger partial charge in [-0.3, -0.25) is 0 Å². The second-order valence-electron chi connectivity index (χ2n) is 14.5. The molecule has 0 fully saturated rings. The van der Waals surface area contributed by atoms with E-state index in [0.29, 0.717) is 11.4 Å². The molecule has 0 spiro atoms. The third-order valence-corrected chi connectivity index (χ3v) is 14.1. The predicted molar refractivity (Wildman–Crippen MR) is 235 cm³/mol. The minimum atomic E-state index is -4.00. The van der Waals surface area contributed by atoms with Gasteiger partial charge >= 0.3 is 10.2 Å². The zero-order chi connectivity index (χ0) is 37.6. The number of rotatable bonds is 6. The Morgan fingerprint density at radius 2 is 1.02 bits per heavy atom. The molecule has 0 amide bonds. The summed E-state index contributed by atoms with van der Waals surface area (Å²) in [6, 6.07) is 50.7. The Labute approximate surface area is 331 Å². The minimum absolute atomic E-state index is 0.252. The Kier molecular flexibility index (Phi) is 7.38. The molecule has 9 aromatic rings. The van der Waals surface area contributed by atoms with Crippen molar-refractivity contribution in [3.8, 4) is 16.1 Å². The van der Waals surface area contributed by atoms with Crippen molar-refractivity contribution in [2.45, 2.75) is 18.9 Å². The van der Waals surface area contributed by atoms with E-state index in [0.717, 1.165) is 53.8 Å². The van der Waals surface area contributed by atoms with E-state index in [-0.39, 0.29) is 5.54 Å². The van der Waals surface area contributed by atoms with Crippen molar-refractivity contribution >= 4 is 93.5 Å². The van der Waals surface area contributed by atoms with Gasteiger partial charge in [-0.25, -0.2) is 0 Å². The SMILES string of the molecule is CC1(n2c3ccccc3c3ccccc32)C=CC(c2ccc(C3=NS(=O)(=O)N=C3c3ccc(-c4ccc(-n5c6ccccc6c6ccccc65)cc4)s3)s2)=CC1. The van der Waals surface area contributed by atoms with Crippen molar-refractivity contribution in [3.63, 3.8) is 0 Å². The van der Waals surface area contributed by atoms with Crippen LogP contribution in [0, 0.1) is 0 Å². The van der Waals surface area contributed by atoms with E-state index < -0.39 is 10.2 Å². The molecule has 1 atom stereocenters. The Balaban J connectivity index is 0.869. The number of para-hydroxylation sites is 4. The maximum Gasteiger partial charge on any atom is 0.364 e. The van der Waals surface area contributed by atoms with Gasteiger partial charge in [0.2, 0.25) is 0 Å². The molecule has 0 saturated carbocycles. The fraction of sp³-hybridized carbons (Fsp3) is 0.0638. The molecule has 1 unspecified atom stereocenters. The van der Waals surface area contributed by atoms with Crippen LogP contribution in [0.3, 0.4) is 0 Å². The van der Waals surface area contributed by atoms with E-state index >= 15 is 0 Å². The lowest BCUT2D eigenvalue weighted by Gasteiger charge is -2.32. The van der Waals surface area contributed by atoms with E-state index in [4.69, 9.17) is 0 Å². The van der Waals surface area contributed by atoms with Crippen LogP contribution < -0.4 is 0 Å². The lowest BCUT2D eigenvalue weighted by atomic mass is 9.89. The molecule has 0 radical (unpaired) electrons. The minimum Gasteiger partial charge on any atom is -0.331 e. The number of aromatic nitrogens is 2. The summed E-state index contributed by atoms with van der Waals surface area (Å²) in [4.78, 5) is 3.62. The van der Waals surface area contributed by atoms with Crippen LogP contribution in [-0.2, 0) is 15.7 Å². The molecule has 2 aliphatic rings. The van der Waals surface area contributed by atoms with Crippen molar-refractivity contribution in [1.29, 1.82) is 0 Å². The lowest BCUT2D eigenvalue weighted by Crippen LogP contribution is -2.28. The van der Waals surface area contributed by atoms with Gasteiger partial charge < -0.3 is 9.13 Å². The standard InChI is InChI=1S/C47H32N4O2S3/c1-47(51-39-16-8-4-12-35(39)36-13-5-9-17-40(36)51)28-26-31(27-29-47)42-23-25-44(55-42)46-45(48-56(52,53)49-46)43-24-22-41(54-43)30-18-20-32(21-19-30)50-37-14-6-2-10-33(37)34-11-3-7-15-38(34)50/h2-28H,29H2,1H3. The largest absolute Gasteiger partial charge is 0.364 e. The molecule has 56 heavy (non-hydrogen) atoms. The number of fused-ring (bicyclic) bond motifs is 6. The summed E-state index contributed by atoms with van der Waals surface area (Å²) in [5.41, 5.74) is 8.54. The maximum atomic E-state index is 12.9. The highest BCUT2D eigenvalue weighted by Gasteiger charge is 2.31. The third-order valence-electron chi connectivity index (χ3n) is 11.0. The van der Waals surface area contributed by atoms with E-state index in [2.05, 4.69) is 170 Å². The Morgan fingerprint density at radius 1 is 0.554 bits per heavy atom. The van der Waals surface area contributed by atoms with E-state index in [1.165, 1.54) is 43.9 Å². The van der Waals surface area contributed by atoms with Crippen LogP contribution in [0.15, 0.2) is 173 Å². The van der Waals surface area contributed by atoms with Gasteiger partial charge in [-0.2, -0.15) is 8.42 Å². The molecule has 1 aliphatic carbocycles. The van der Waals surface area contributed by atoms with Crippen LogP contribution >= 0.6 is 22.7 Å². The predicted octanol–water partition coefficient (Wildman–Crippen LogP) is 12.0. The molecule has 0 bridgehead atoms. The second-order valence-corrected chi connectivity index (χ2v) is 17.9. The van der Waals surface area contributed by atoms with Crippen molar-refractivity contribution in [2.24, 2.45) is 8.80 Å². The van der Waals surface area contributed by atoms with E-state index in [1.54, 1.807) is 11.3 Å². The van der Waals surface area contributed by atoms with Crippen molar-refractivity contribution in [3.05, 3.63) is 178 Å². The van der Waals surface area contributed by atoms with Crippen LogP contribution in [0.2, 0.25) is 0 Å². The number of hydrogen-bond donors (Lipinski definition) is 0. The number of benzene rings is 5. The molecule has 9 heteroatoms. The Morgan fingerprint density at radius 3 is 1.55 bits per heavy atom. The van der Waals surface area contributed by atoms with Crippen LogP contribution in [0.1, 0.15) is 28.0 Å². The molecular formula is C47H32N4O2S3. The van der Waals surface area contributed by atoms with Gasteiger partial charge in [-0.1, -0.05) is 103 Å². The molecule has 4 aromatic heterocycles. The monoisotopic (exact) mass is 780 g/mol. The van der Waals surface area contributed by atoms with E-state index in [9.17, 15) is 8.42 Å². The summed E-state index contributed by atoms with van der Waals surface area (Å²) in [7, 11) is -4.00. The summed E-state index contributed by atoms with van der Waals surface area (Å²) < 4.78 is 38.8. The summed E-state index contributed by atoms with van der Waals surface area (Å²) in [6.07, 6.45) is 7.60. The quantitative estimate of drug-likeness (QED) is 0.169. The number of allylic oxidation sites excluding steroid dienone is 4. The van der Waals surface area contributed by atoms with E-state index in [1.807, 2.05) is 18.2 Å². The fourth-order valence-corrected chi connectivity index (χ4v) is 11.4. The van der Waals surface area contributed by atoms with Gasteiger partial charge in [0.15, 0.2) is 0 Å².